The van der Waals surface area contributed by atoms with E-state index in [1.165, 1.54) is 24.5 Å². The van der Waals surface area contributed by atoms with Crippen molar-refractivity contribution in [2.75, 3.05) is 0 Å². The molecule has 92 valence electrons. The zero-order valence-corrected chi connectivity index (χ0v) is 11.6. The molecule has 0 N–H and O–H groups in total. The standard InChI is InChI=1S/C10H5ClIN3O3/c11-6-4-13-10(14-5-6)18-9-3-7(15(16)17)1-2-8(9)12/h1-5H. The molecule has 0 saturated carbocycles. The Bertz CT molecular complexity index is 591. The number of benzene rings is 1. The molecule has 0 saturated heterocycles. The number of non-ortho nitro benzene ring substituents is 1. The number of ether oxygens (including phenoxy) is 1. The van der Waals surface area contributed by atoms with Crippen LogP contribution in [-0.2, 0) is 0 Å². The summed E-state index contributed by atoms with van der Waals surface area (Å²) >= 11 is 7.65. The number of hydrogen-bond donors (Lipinski definition) is 0. The number of nitro groups is 1. The van der Waals surface area contributed by atoms with Crippen molar-refractivity contribution >= 4 is 39.9 Å². The Morgan fingerprint density at radius 1 is 1.33 bits per heavy atom. The molecule has 2 rings (SSSR count). The van der Waals surface area contributed by atoms with Gasteiger partial charge in [-0.05, 0) is 28.7 Å². The van der Waals surface area contributed by atoms with Gasteiger partial charge < -0.3 is 4.74 Å². The molecule has 0 atom stereocenters. The summed E-state index contributed by atoms with van der Waals surface area (Å²) in [5.74, 6) is 0.326. The lowest BCUT2D eigenvalue weighted by molar-refractivity contribution is -0.384. The van der Waals surface area contributed by atoms with E-state index in [-0.39, 0.29) is 11.7 Å². The minimum Gasteiger partial charge on any atom is -0.423 e. The fourth-order valence-corrected chi connectivity index (χ4v) is 1.68. The van der Waals surface area contributed by atoms with Crippen molar-refractivity contribution in [1.82, 2.24) is 9.97 Å². The quantitative estimate of drug-likeness (QED) is 0.465. The van der Waals surface area contributed by atoms with Gasteiger partial charge in [-0.25, -0.2) is 9.97 Å². The van der Waals surface area contributed by atoms with Crippen LogP contribution >= 0.6 is 34.2 Å². The van der Waals surface area contributed by atoms with Crippen LogP contribution in [0.15, 0.2) is 30.6 Å². The van der Waals surface area contributed by atoms with E-state index in [1.807, 2.05) is 22.6 Å². The molecular formula is C10H5ClIN3O3. The molecule has 1 aromatic carbocycles. The second kappa shape index (κ2) is 5.44. The van der Waals surface area contributed by atoms with E-state index in [0.717, 1.165) is 3.57 Å². The third-order valence-corrected chi connectivity index (χ3v) is 3.01. The molecule has 1 heterocycles. The molecule has 0 unspecified atom stereocenters. The second-order valence-electron chi connectivity index (χ2n) is 3.16. The highest BCUT2D eigenvalue weighted by Gasteiger charge is 2.12. The van der Waals surface area contributed by atoms with Gasteiger partial charge in [0, 0.05) is 6.07 Å². The van der Waals surface area contributed by atoms with Crippen LogP contribution in [0.3, 0.4) is 0 Å². The highest BCUT2D eigenvalue weighted by molar-refractivity contribution is 14.1. The van der Waals surface area contributed by atoms with Gasteiger partial charge >= 0.3 is 6.01 Å². The topological polar surface area (TPSA) is 78.2 Å². The molecule has 6 nitrogen and oxygen atoms in total. The van der Waals surface area contributed by atoms with Gasteiger partial charge in [0.15, 0.2) is 5.75 Å². The van der Waals surface area contributed by atoms with E-state index < -0.39 is 4.92 Å². The highest BCUT2D eigenvalue weighted by atomic mass is 127. The molecule has 0 bridgehead atoms. The zero-order chi connectivity index (χ0) is 13.1. The summed E-state index contributed by atoms with van der Waals surface area (Å²) in [5, 5.41) is 11.0. The molecule has 18 heavy (non-hydrogen) atoms. The summed E-state index contributed by atoms with van der Waals surface area (Å²) in [6.07, 6.45) is 2.77. The van der Waals surface area contributed by atoms with Crippen LogP contribution in [0.4, 0.5) is 5.69 Å². The first-order valence-corrected chi connectivity index (χ1v) is 6.11. The predicted octanol–water partition coefficient (Wildman–Crippen LogP) is 3.44. The first kappa shape index (κ1) is 13.0. The van der Waals surface area contributed by atoms with Gasteiger partial charge in [-0.3, -0.25) is 10.1 Å². The maximum Gasteiger partial charge on any atom is 0.321 e. The molecule has 1 aromatic heterocycles. The molecular weight excluding hydrogens is 372 g/mol. The van der Waals surface area contributed by atoms with Crippen molar-refractivity contribution in [1.29, 1.82) is 0 Å². The largest absolute Gasteiger partial charge is 0.423 e. The van der Waals surface area contributed by atoms with Crippen LogP contribution in [0.1, 0.15) is 0 Å². The highest BCUT2D eigenvalue weighted by Crippen LogP contribution is 2.28. The monoisotopic (exact) mass is 377 g/mol. The summed E-state index contributed by atoms with van der Waals surface area (Å²) in [5.41, 5.74) is -0.0561. The van der Waals surface area contributed by atoms with Crippen LogP contribution in [0.25, 0.3) is 0 Å². The Labute approximate surface area is 120 Å². The van der Waals surface area contributed by atoms with Crippen LogP contribution in [0, 0.1) is 13.7 Å². The van der Waals surface area contributed by atoms with Gasteiger partial charge in [0.25, 0.3) is 5.69 Å². The fraction of sp³-hybridized carbons (Fsp3) is 0. The number of halogens is 2. The maximum absolute atomic E-state index is 10.7. The van der Waals surface area contributed by atoms with Crippen LogP contribution in [0.2, 0.25) is 5.02 Å². The molecule has 0 aliphatic heterocycles. The van der Waals surface area contributed by atoms with Gasteiger partial charge in [0.2, 0.25) is 0 Å². The molecule has 0 aliphatic carbocycles. The normalized spacial score (nSPS) is 10.1. The number of rotatable bonds is 3. The van der Waals surface area contributed by atoms with Gasteiger partial charge in [0.05, 0.1) is 32.0 Å². The Hall–Kier alpha value is -1.48. The Morgan fingerprint density at radius 3 is 2.61 bits per heavy atom. The van der Waals surface area contributed by atoms with Crippen LogP contribution in [-0.4, -0.2) is 14.9 Å². The zero-order valence-electron chi connectivity index (χ0n) is 8.71. The van der Waals surface area contributed by atoms with Crippen molar-refractivity contribution in [3.05, 3.63) is 49.3 Å². The summed E-state index contributed by atoms with van der Waals surface area (Å²) in [6.45, 7) is 0. The second-order valence-corrected chi connectivity index (χ2v) is 4.76. The van der Waals surface area contributed by atoms with Crippen molar-refractivity contribution in [3.8, 4) is 11.8 Å². The third kappa shape index (κ3) is 3.05. The van der Waals surface area contributed by atoms with Gasteiger partial charge in [-0.15, -0.1) is 0 Å². The number of aromatic nitrogens is 2. The predicted molar refractivity (Wildman–Crippen MR) is 72.9 cm³/mol. The van der Waals surface area contributed by atoms with E-state index in [4.69, 9.17) is 16.3 Å². The minimum absolute atomic E-state index is 0.0561. The number of nitrogens with zero attached hydrogens (tertiary/aromatic N) is 3. The average molecular weight is 378 g/mol. The van der Waals surface area contributed by atoms with Gasteiger partial charge in [-0.1, -0.05) is 11.6 Å². The Morgan fingerprint density at radius 2 is 2.00 bits per heavy atom. The van der Waals surface area contributed by atoms with E-state index in [1.54, 1.807) is 6.07 Å². The Balaban J connectivity index is 2.30. The first-order chi connectivity index (χ1) is 8.56. The SMILES string of the molecule is O=[N+]([O-])c1ccc(I)c(Oc2ncc(Cl)cn2)c1. The summed E-state index contributed by atoms with van der Waals surface area (Å²) in [6, 6.07) is 4.39. The number of nitro benzene ring substituents is 1. The molecule has 0 spiro atoms. The first-order valence-electron chi connectivity index (χ1n) is 4.65. The molecule has 0 aliphatic rings. The van der Waals surface area contributed by atoms with E-state index in [9.17, 15) is 10.1 Å². The third-order valence-electron chi connectivity index (χ3n) is 1.92. The molecule has 2 aromatic rings. The summed E-state index contributed by atoms with van der Waals surface area (Å²) < 4.78 is 6.08. The van der Waals surface area contributed by atoms with Gasteiger partial charge in [0.1, 0.15) is 0 Å². The lowest BCUT2D eigenvalue weighted by atomic mass is 10.3. The summed E-state index contributed by atoms with van der Waals surface area (Å²) in [7, 11) is 0. The number of hydrogen-bond acceptors (Lipinski definition) is 5. The average Bonchev–Trinajstić information content (AvgIpc) is 2.34. The van der Waals surface area contributed by atoms with Crippen molar-refractivity contribution in [3.63, 3.8) is 0 Å². The van der Waals surface area contributed by atoms with Crippen molar-refractivity contribution in [2.24, 2.45) is 0 Å². The van der Waals surface area contributed by atoms with E-state index >= 15 is 0 Å². The minimum atomic E-state index is -0.494. The smallest absolute Gasteiger partial charge is 0.321 e. The van der Waals surface area contributed by atoms with Gasteiger partial charge in [-0.2, -0.15) is 0 Å². The lowest BCUT2D eigenvalue weighted by Crippen LogP contribution is -1.95. The van der Waals surface area contributed by atoms with Crippen LogP contribution in [0.5, 0.6) is 11.8 Å². The van der Waals surface area contributed by atoms with Crippen LogP contribution < -0.4 is 4.74 Å². The Kier molecular flexibility index (Phi) is 3.92. The van der Waals surface area contributed by atoms with Crippen molar-refractivity contribution < 1.29 is 9.66 Å². The maximum atomic E-state index is 10.7. The molecule has 0 fully saturated rings. The fourth-order valence-electron chi connectivity index (χ4n) is 1.14. The van der Waals surface area contributed by atoms with E-state index in [0.29, 0.717) is 10.8 Å². The molecule has 0 amide bonds. The van der Waals surface area contributed by atoms with Crippen molar-refractivity contribution in [2.45, 2.75) is 0 Å². The summed E-state index contributed by atoms with van der Waals surface area (Å²) in [4.78, 5) is 17.9. The lowest BCUT2D eigenvalue weighted by Gasteiger charge is -2.05. The molecule has 0 radical (unpaired) electrons. The van der Waals surface area contributed by atoms with E-state index in [2.05, 4.69) is 9.97 Å². The molecule has 8 heteroatoms.